The summed E-state index contributed by atoms with van der Waals surface area (Å²) in [4.78, 5) is 11.1. The van der Waals surface area contributed by atoms with Gasteiger partial charge in [0.25, 0.3) is 0 Å². The maximum atomic E-state index is 11.1. The van der Waals surface area contributed by atoms with E-state index in [1.54, 1.807) is 7.05 Å². The van der Waals surface area contributed by atoms with Crippen molar-refractivity contribution in [3.8, 4) is 0 Å². The number of hydrogen-bond donors (Lipinski definition) is 1. The van der Waals surface area contributed by atoms with Gasteiger partial charge in [-0.05, 0) is 6.42 Å². The molecule has 0 aromatic heterocycles. The van der Waals surface area contributed by atoms with Crippen LogP contribution in [0.1, 0.15) is 39.0 Å². The Labute approximate surface area is 75.7 Å². The van der Waals surface area contributed by atoms with Crippen LogP contribution in [0, 0.1) is 12.8 Å². The zero-order valence-corrected chi connectivity index (χ0v) is 8.23. The summed E-state index contributed by atoms with van der Waals surface area (Å²) in [5, 5.41) is 2.65. The number of hydrogen-bond acceptors (Lipinski definition) is 1. The summed E-state index contributed by atoms with van der Waals surface area (Å²) in [7, 11) is 1.69. The van der Waals surface area contributed by atoms with Crippen molar-refractivity contribution in [3.63, 3.8) is 0 Å². The van der Waals surface area contributed by atoms with E-state index in [1.807, 2.05) is 6.92 Å². The standard InChI is InChI=1S/C10H20NO/c1-4-5-6-7-8-9(2)10(12)11-3/h9H,1,4-8H2,2-3H3,(H,11,12). The lowest BCUT2D eigenvalue weighted by atomic mass is 10.0. The molecule has 0 bridgehead atoms. The largest absolute Gasteiger partial charge is 0.359 e. The lowest BCUT2D eigenvalue weighted by Crippen LogP contribution is -2.25. The molecule has 0 spiro atoms. The topological polar surface area (TPSA) is 29.1 Å². The SMILES string of the molecule is [CH2]CCCCCC(C)C(=O)NC. The van der Waals surface area contributed by atoms with Gasteiger partial charge in [-0.3, -0.25) is 4.79 Å². The minimum atomic E-state index is 0.157. The van der Waals surface area contributed by atoms with Gasteiger partial charge in [0.1, 0.15) is 0 Å². The molecule has 1 unspecified atom stereocenters. The summed E-state index contributed by atoms with van der Waals surface area (Å²) >= 11 is 0. The molecule has 1 N–H and O–H groups in total. The Balaban J connectivity index is 3.31. The first kappa shape index (κ1) is 11.5. The molecule has 0 aliphatic rings. The number of carbonyl (C=O) groups excluding carboxylic acids is 1. The predicted octanol–water partition coefficient (Wildman–Crippen LogP) is 2.15. The smallest absolute Gasteiger partial charge is 0.222 e. The zero-order valence-electron chi connectivity index (χ0n) is 8.23. The molecular formula is C10H20NO. The molecule has 0 aromatic carbocycles. The average Bonchev–Trinajstić information content (AvgIpc) is 2.10. The molecule has 0 aliphatic carbocycles. The molecule has 0 fully saturated rings. The number of nitrogens with one attached hydrogen (secondary N) is 1. The molecule has 0 saturated carbocycles. The first-order chi connectivity index (χ1) is 5.72. The van der Waals surface area contributed by atoms with Gasteiger partial charge in [-0.15, -0.1) is 0 Å². The summed E-state index contributed by atoms with van der Waals surface area (Å²) < 4.78 is 0. The Kier molecular flexibility index (Phi) is 6.82. The highest BCUT2D eigenvalue weighted by Gasteiger charge is 2.09. The quantitative estimate of drug-likeness (QED) is 0.608. The van der Waals surface area contributed by atoms with Crippen LogP contribution in [0.5, 0.6) is 0 Å². The number of carbonyl (C=O) groups is 1. The first-order valence-electron chi connectivity index (χ1n) is 4.73. The number of amides is 1. The summed E-state index contributed by atoms with van der Waals surface area (Å²) in [5.41, 5.74) is 0. The van der Waals surface area contributed by atoms with E-state index in [4.69, 9.17) is 0 Å². The van der Waals surface area contributed by atoms with Crippen LogP contribution < -0.4 is 5.32 Å². The van der Waals surface area contributed by atoms with Crippen molar-refractivity contribution in [3.05, 3.63) is 6.92 Å². The second kappa shape index (κ2) is 7.14. The molecule has 0 aromatic rings. The van der Waals surface area contributed by atoms with E-state index in [9.17, 15) is 4.79 Å². The second-order valence-electron chi connectivity index (χ2n) is 3.22. The molecule has 0 saturated heterocycles. The lowest BCUT2D eigenvalue weighted by molar-refractivity contribution is -0.124. The maximum Gasteiger partial charge on any atom is 0.222 e. The van der Waals surface area contributed by atoms with E-state index >= 15 is 0 Å². The van der Waals surface area contributed by atoms with Crippen LogP contribution in [0.25, 0.3) is 0 Å². The van der Waals surface area contributed by atoms with Gasteiger partial charge in [-0.25, -0.2) is 0 Å². The maximum absolute atomic E-state index is 11.1. The van der Waals surface area contributed by atoms with Crippen LogP contribution in [-0.4, -0.2) is 13.0 Å². The first-order valence-corrected chi connectivity index (χ1v) is 4.73. The summed E-state index contributed by atoms with van der Waals surface area (Å²) in [6, 6.07) is 0. The molecule has 0 aliphatic heterocycles. The van der Waals surface area contributed by atoms with Gasteiger partial charge in [0.2, 0.25) is 5.91 Å². The average molecular weight is 170 g/mol. The fourth-order valence-corrected chi connectivity index (χ4v) is 1.18. The van der Waals surface area contributed by atoms with Crippen molar-refractivity contribution in [1.29, 1.82) is 0 Å². The lowest BCUT2D eigenvalue weighted by Gasteiger charge is -2.08. The highest BCUT2D eigenvalue weighted by Crippen LogP contribution is 2.09. The highest BCUT2D eigenvalue weighted by molar-refractivity contribution is 5.77. The van der Waals surface area contributed by atoms with Crippen LogP contribution in [-0.2, 0) is 4.79 Å². The van der Waals surface area contributed by atoms with E-state index in [-0.39, 0.29) is 11.8 Å². The predicted molar refractivity (Wildman–Crippen MR) is 51.7 cm³/mol. The molecular weight excluding hydrogens is 150 g/mol. The van der Waals surface area contributed by atoms with Crippen molar-refractivity contribution < 1.29 is 4.79 Å². The molecule has 2 nitrogen and oxygen atoms in total. The van der Waals surface area contributed by atoms with E-state index in [0.29, 0.717) is 0 Å². The van der Waals surface area contributed by atoms with Gasteiger partial charge < -0.3 is 5.32 Å². The van der Waals surface area contributed by atoms with Gasteiger partial charge in [0.15, 0.2) is 0 Å². The monoisotopic (exact) mass is 170 g/mol. The van der Waals surface area contributed by atoms with E-state index in [2.05, 4.69) is 12.2 Å². The Morgan fingerprint density at radius 1 is 1.42 bits per heavy atom. The van der Waals surface area contributed by atoms with Crippen molar-refractivity contribution in [2.75, 3.05) is 7.05 Å². The van der Waals surface area contributed by atoms with Crippen LogP contribution in [0.4, 0.5) is 0 Å². The summed E-state index contributed by atoms with van der Waals surface area (Å²) in [5.74, 6) is 0.324. The van der Waals surface area contributed by atoms with Gasteiger partial charge in [0.05, 0.1) is 0 Å². The Hall–Kier alpha value is -0.530. The van der Waals surface area contributed by atoms with E-state index in [0.717, 1.165) is 19.3 Å². The third-order valence-corrected chi connectivity index (χ3v) is 2.08. The molecule has 1 atom stereocenters. The van der Waals surface area contributed by atoms with Gasteiger partial charge in [-0.1, -0.05) is 39.5 Å². The van der Waals surface area contributed by atoms with Gasteiger partial charge >= 0.3 is 0 Å². The van der Waals surface area contributed by atoms with Gasteiger partial charge in [-0.2, -0.15) is 0 Å². The molecule has 12 heavy (non-hydrogen) atoms. The van der Waals surface area contributed by atoms with Gasteiger partial charge in [0, 0.05) is 13.0 Å². The molecule has 0 heterocycles. The summed E-state index contributed by atoms with van der Waals surface area (Å²) in [6.45, 7) is 5.75. The molecule has 71 valence electrons. The number of rotatable bonds is 6. The van der Waals surface area contributed by atoms with Crippen LogP contribution in [0.3, 0.4) is 0 Å². The Morgan fingerprint density at radius 2 is 2.08 bits per heavy atom. The van der Waals surface area contributed by atoms with Crippen molar-refractivity contribution in [1.82, 2.24) is 5.32 Å². The Morgan fingerprint density at radius 3 is 2.58 bits per heavy atom. The van der Waals surface area contributed by atoms with E-state index in [1.165, 1.54) is 12.8 Å². The molecule has 2 heteroatoms. The van der Waals surface area contributed by atoms with Crippen LogP contribution >= 0.6 is 0 Å². The van der Waals surface area contributed by atoms with Crippen LogP contribution in [0.15, 0.2) is 0 Å². The van der Waals surface area contributed by atoms with Crippen LogP contribution in [0.2, 0.25) is 0 Å². The minimum Gasteiger partial charge on any atom is -0.359 e. The summed E-state index contributed by atoms with van der Waals surface area (Å²) in [6.07, 6.45) is 5.53. The second-order valence-corrected chi connectivity index (χ2v) is 3.22. The fourth-order valence-electron chi connectivity index (χ4n) is 1.18. The van der Waals surface area contributed by atoms with Crippen molar-refractivity contribution >= 4 is 5.91 Å². The third-order valence-electron chi connectivity index (χ3n) is 2.08. The molecule has 1 amide bonds. The Bertz CT molecular complexity index is 123. The van der Waals surface area contributed by atoms with E-state index < -0.39 is 0 Å². The highest BCUT2D eigenvalue weighted by atomic mass is 16.1. The number of unbranched alkanes of at least 4 members (excludes halogenated alkanes) is 3. The fraction of sp³-hybridized carbons (Fsp3) is 0.800. The minimum absolute atomic E-state index is 0.157. The molecule has 1 radical (unpaired) electrons. The third kappa shape index (κ3) is 5.16. The van der Waals surface area contributed by atoms with Crippen molar-refractivity contribution in [2.24, 2.45) is 5.92 Å². The zero-order chi connectivity index (χ0) is 9.40. The normalized spacial score (nSPS) is 12.6. The molecule has 0 rings (SSSR count). The van der Waals surface area contributed by atoms with Crippen molar-refractivity contribution in [2.45, 2.75) is 39.0 Å².